The van der Waals surface area contributed by atoms with Gasteiger partial charge in [0.05, 0.1) is 17.5 Å². The van der Waals surface area contributed by atoms with E-state index in [4.69, 9.17) is 4.74 Å². The van der Waals surface area contributed by atoms with Crippen molar-refractivity contribution in [2.75, 3.05) is 13.2 Å². The highest BCUT2D eigenvalue weighted by atomic mass is 79.9. The van der Waals surface area contributed by atoms with E-state index < -0.39 is 0 Å². The number of alkyl halides is 1. The lowest BCUT2D eigenvalue weighted by atomic mass is 10.4. The zero-order chi connectivity index (χ0) is 9.56. The van der Waals surface area contributed by atoms with E-state index in [1.165, 1.54) is 0 Å². The lowest BCUT2D eigenvalue weighted by Crippen LogP contribution is -2.32. The number of hydrogen-bond acceptors (Lipinski definition) is 2. The van der Waals surface area contributed by atoms with E-state index in [2.05, 4.69) is 21.2 Å². The van der Waals surface area contributed by atoms with E-state index in [9.17, 15) is 4.79 Å². The molecule has 0 heterocycles. The molecule has 4 heteroatoms. The summed E-state index contributed by atoms with van der Waals surface area (Å²) < 4.78 is 5.24. The molecule has 72 valence electrons. The molecule has 0 saturated heterocycles. The van der Waals surface area contributed by atoms with Crippen LogP contribution in [0, 0.1) is 0 Å². The van der Waals surface area contributed by atoms with Gasteiger partial charge in [0.1, 0.15) is 0 Å². The molecule has 0 aromatic carbocycles. The van der Waals surface area contributed by atoms with Gasteiger partial charge in [-0.2, -0.15) is 0 Å². The number of hydrogen-bond donors (Lipinski definition) is 1. The molecule has 12 heavy (non-hydrogen) atoms. The molecule has 1 N–H and O–H groups in total. The van der Waals surface area contributed by atoms with Gasteiger partial charge < -0.3 is 10.1 Å². The molecule has 1 amide bonds. The fourth-order valence-electron chi connectivity index (χ4n) is 0.609. The quantitative estimate of drug-likeness (QED) is 0.579. The Balaban J connectivity index is 3.26. The monoisotopic (exact) mass is 237 g/mol. The Morgan fingerprint density at radius 3 is 2.50 bits per heavy atom. The van der Waals surface area contributed by atoms with Crippen LogP contribution in [0.3, 0.4) is 0 Å². The SMILES string of the molecule is CC(C)OCCNC(=O)C(C)Br. The van der Waals surface area contributed by atoms with Gasteiger partial charge in [-0.3, -0.25) is 4.79 Å². The van der Waals surface area contributed by atoms with E-state index in [-0.39, 0.29) is 16.8 Å². The Morgan fingerprint density at radius 2 is 2.08 bits per heavy atom. The van der Waals surface area contributed by atoms with Crippen LogP contribution in [0.1, 0.15) is 20.8 Å². The zero-order valence-electron chi connectivity index (χ0n) is 7.76. The molecule has 0 aromatic heterocycles. The van der Waals surface area contributed by atoms with Crippen LogP contribution in [0.15, 0.2) is 0 Å². The second-order valence-corrected chi connectivity index (χ2v) is 4.20. The van der Waals surface area contributed by atoms with Gasteiger partial charge >= 0.3 is 0 Å². The van der Waals surface area contributed by atoms with E-state index in [1.54, 1.807) is 6.92 Å². The maximum absolute atomic E-state index is 11.0. The number of nitrogens with one attached hydrogen (secondary N) is 1. The summed E-state index contributed by atoms with van der Waals surface area (Å²) >= 11 is 3.17. The molecular formula is C8H16BrNO2. The minimum atomic E-state index is -0.128. The van der Waals surface area contributed by atoms with Gasteiger partial charge in [0.2, 0.25) is 5.91 Å². The molecular weight excluding hydrogens is 222 g/mol. The first-order valence-electron chi connectivity index (χ1n) is 4.07. The average molecular weight is 238 g/mol. The third kappa shape index (κ3) is 6.61. The van der Waals surface area contributed by atoms with E-state index in [1.807, 2.05) is 13.8 Å². The van der Waals surface area contributed by atoms with Crippen molar-refractivity contribution in [3.8, 4) is 0 Å². The largest absolute Gasteiger partial charge is 0.377 e. The molecule has 0 aliphatic carbocycles. The first-order valence-corrected chi connectivity index (χ1v) is 4.99. The lowest BCUT2D eigenvalue weighted by Gasteiger charge is -2.09. The minimum absolute atomic E-state index is 0.00218. The predicted molar refractivity (Wildman–Crippen MR) is 52.5 cm³/mol. The fourth-order valence-corrected chi connectivity index (χ4v) is 0.771. The van der Waals surface area contributed by atoms with Gasteiger partial charge in [-0.1, -0.05) is 15.9 Å². The van der Waals surface area contributed by atoms with Crippen LogP contribution < -0.4 is 5.32 Å². The summed E-state index contributed by atoms with van der Waals surface area (Å²) in [6.07, 6.45) is 0.225. The second-order valence-electron chi connectivity index (χ2n) is 2.83. The van der Waals surface area contributed by atoms with Crippen LogP contribution in [-0.2, 0) is 9.53 Å². The van der Waals surface area contributed by atoms with Crippen molar-refractivity contribution in [3.05, 3.63) is 0 Å². The number of ether oxygens (including phenoxy) is 1. The van der Waals surface area contributed by atoms with Crippen LogP contribution in [0.5, 0.6) is 0 Å². The Labute approximate surface area is 82.0 Å². The summed E-state index contributed by atoms with van der Waals surface area (Å²) in [4.78, 5) is 10.8. The highest BCUT2D eigenvalue weighted by Gasteiger charge is 2.06. The molecule has 0 aromatic rings. The molecule has 0 radical (unpaired) electrons. The minimum Gasteiger partial charge on any atom is -0.377 e. The highest BCUT2D eigenvalue weighted by Crippen LogP contribution is 1.95. The Morgan fingerprint density at radius 1 is 1.50 bits per heavy atom. The van der Waals surface area contributed by atoms with Crippen molar-refractivity contribution in [2.45, 2.75) is 31.7 Å². The molecule has 0 spiro atoms. The maximum Gasteiger partial charge on any atom is 0.233 e. The zero-order valence-corrected chi connectivity index (χ0v) is 9.35. The standard InChI is InChI=1S/C8H16BrNO2/c1-6(2)12-5-4-10-8(11)7(3)9/h6-7H,4-5H2,1-3H3,(H,10,11). The predicted octanol–water partition coefficient (Wildman–Crippen LogP) is 1.31. The molecule has 1 atom stereocenters. The van der Waals surface area contributed by atoms with Crippen LogP contribution in [-0.4, -0.2) is 30.0 Å². The summed E-state index contributed by atoms with van der Waals surface area (Å²) in [6, 6.07) is 0. The number of rotatable bonds is 5. The molecule has 0 aliphatic rings. The summed E-state index contributed by atoms with van der Waals surface area (Å²) in [6.45, 7) is 6.87. The molecule has 0 saturated carbocycles. The van der Waals surface area contributed by atoms with Gasteiger partial charge in [0, 0.05) is 6.54 Å². The number of carbonyl (C=O) groups is 1. The third-order valence-corrected chi connectivity index (χ3v) is 1.63. The summed E-state index contributed by atoms with van der Waals surface area (Å²) in [5.74, 6) is 0.00218. The van der Waals surface area contributed by atoms with E-state index in [0.29, 0.717) is 13.2 Å². The highest BCUT2D eigenvalue weighted by molar-refractivity contribution is 9.10. The van der Waals surface area contributed by atoms with Crippen molar-refractivity contribution in [3.63, 3.8) is 0 Å². The van der Waals surface area contributed by atoms with Crippen LogP contribution in [0.4, 0.5) is 0 Å². The Hall–Kier alpha value is -0.0900. The lowest BCUT2D eigenvalue weighted by molar-refractivity contribution is -0.120. The van der Waals surface area contributed by atoms with Crippen molar-refractivity contribution in [1.29, 1.82) is 0 Å². The smallest absolute Gasteiger partial charge is 0.233 e. The number of amides is 1. The molecule has 3 nitrogen and oxygen atoms in total. The second kappa shape index (κ2) is 6.43. The van der Waals surface area contributed by atoms with Gasteiger partial charge in [-0.25, -0.2) is 0 Å². The van der Waals surface area contributed by atoms with Crippen LogP contribution >= 0.6 is 15.9 Å². The van der Waals surface area contributed by atoms with Crippen molar-refractivity contribution < 1.29 is 9.53 Å². The number of halogens is 1. The molecule has 0 aliphatic heterocycles. The topological polar surface area (TPSA) is 38.3 Å². The summed E-state index contributed by atoms with van der Waals surface area (Å²) in [7, 11) is 0. The molecule has 0 bridgehead atoms. The average Bonchev–Trinajstić information content (AvgIpc) is 1.97. The van der Waals surface area contributed by atoms with Gasteiger partial charge in [-0.05, 0) is 20.8 Å². The van der Waals surface area contributed by atoms with E-state index in [0.717, 1.165) is 0 Å². The first-order chi connectivity index (χ1) is 5.54. The van der Waals surface area contributed by atoms with Gasteiger partial charge in [0.15, 0.2) is 0 Å². The fraction of sp³-hybridized carbons (Fsp3) is 0.875. The van der Waals surface area contributed by atoms with Gasteiger partial charge in [0.25, 0.3) is 0 Å². The Kier molecular flexibility index (Phi) is 6.38. The van der Waals surface area contributed by atoms with Gasteiger partial charge in [-0.15, -0.1) is 0 Å². The van der Waals surface area contributed by atoms with Crippen LogP contribution in [0.2, 0.25) is 0 Å². The van der Waals surface area contributed by atoms with E-state index >= 15 is 0 Å². The van der Waals surface area contributed by atoms with Crippen molar-refractivity contribution in [2.24, 2.45) is 0 Å². The normalized spacial score (nSPS) is 13.1. The Bertz CT molecular complexity index is 137. The third-order valence-electron chi connectivity index (χ3n) is 1.21. The molecule has 0 rings (SSSR count). The van der Waals surface area contributed by atoms with Crippen molar-refractivity contribution >= 4 is 21.8 Å². The molecule has 1 unspecified atom stereocenters. The van der Waals surface area contributed by atoms with Crippen LogP contribution in [0.25, 0.3) is 0 Å². The first kappa shape index (κ1) is 11.9. The molecule has 0 fully saturated rings. The number of carbonyl (C=O) groups excluding carboxylic acids is 1. The summed E-state index contributed by atoms with van der Waals surface area (Å²) in [5, 5.41) is 2.73. The maximum atomic E-state index is 11.0. The summed E-state index contributed by atoms with van der Waals surface area (Å²) in [5.41, 5.74) is 0. The van der Waals surface area contributed by atoms with Crippen molar-refractivity contribution in [1.82, 2.24) is 5.32 Å².